The maximum absolute atomic E-state index is 12.1. The van der Waals surface area contributed by atoms with E-state index >= 15 is 0 Å². The van der Waals surface area contributed by atoms with E-state index in [1.54, 1.807) is 0 Å². The summed E-state index contributed by atoms with van der Waals surface area (Å²) in [6.07, 6.45) is 0. The average Bonchev–Trinajstić information content (AvgIpc) is 2.40. The number of amides is 1. The van der Waals surface area contributed by atoms with E-state index in [0.717, 1.165) is 6.92 Å². The van der Waals surface area contributed by atoms with Gasteiger partial charge in [-0.05, 0) is 31.2 Å². The highest BCUT2D eigenvalue weighted by Gasteiger charge is 2.26. The fourth-order valence-electron chi connectivity index (χ4n) is 1.75. The minimum Gasteiger partial charge on any atom is -0.506 e. The molecule has 1 heterocycles. The molecule has 114 valence electrons. The number of aromatic hydroxyl groups is 2. The Kier molecular flexibility index (Phi) is 4.18. The van der Waals surface area contributed by atoms with E-state index in [9.17, 15) is 24.6 Å². The van der Waals surface area contributed by atoms with Crippen molar-refractivity contribution in [1.82, 2.24) is 0 Å². The zero-order valence-corrected chi connectivity index (χ0v) is 12.0. The van der Waals surface area contributed by atoms with E-state index in [1.165, 1.54) is 24.3 Å². The Labute approximate surface area is 128 Å². The van der Waals surface area contributed by atoms with Gasteiger partial charge in [-0.25, -0.2) is 4.79 Å². The molecule has 8 heteroatoms. The molecule has 0 aliphatic carbocycles. The van der Waals surface area contributed by atoms with Crippen LogP contribution in [-0.2, 0) is 0 Å². The molecule has 0 saturated carbocycles. The van der Waals surface area contributed by atoms with Crippen LogP contribution in [0.2, 0.25) is 5.02 Å². The molecular weight excluding hydrogens is 314 g/mol. The Morgan fingerprint density at radius 1 is 1.14 bits per heavy atom. The summed E-state index contributed by atoms with van der Waals surface area (Å²) in [5, 5.41) is 22.3. The number of anilines is 1. The smallest absolute Gasteiger partial charge is 0.353 e. The highest BCUT2D eigenvalue weighted by atomic mass is 35.5. The third-order valence-electron chi connectivity index (χ3n) is 2.76. The van der Waals surface area contributed by atoms with Gasteiger partial charge < -0.3 is 19.9 Å². The van der Waals surface area contributed by atoms with Crippen LogP contribution in [-0.4, -0.2) is 21.9 Å². The summed E-state index contributed by atoms with van der Waals surface area (Å²) in [5.41, 5.74) is -2.33. The van der Waals surface area contributed by atoms with E-state index in [-0.39, 0.29) is 0 Å². The first kappa shape index (κ1) is 15.6. The molecule has 0 atom stereocenters. The van der Waals surface area contributed by atoms with Crippen molar-refractivity contribution in [2.45, 2.75) is 6.92 Å². The maximum Gasteiger partial charge on any atom is 0.353 e. The number of benzene rings is 1. The molecular formula is C14H10ClNO6. The van der Waals surface area contributed by atoms with Gasteiger partial charge in [-0.3, -0.25) is 9.59 Å². The highest BCUT2D eigenvalue weighted by molar-refractivity contribution is 6.30. The summed E-state index contributed by atoms with van der Waals surface area (Å²) in [5.74, 6) is -3.78. The standard InChI is InChI=1S/C14H10ClNO6/c1-6(17)9-11(18)10(14(21)22-13(9)20)12(19)16-8-4-2-7(15)3-5-8/h2-5,18,21H,1H3,(H,16,19). The summed E-state index contributed by atoms with van der Waals surface area (Å²) in [4.78, 5) is 34.8. The van der Waals surface area contributed by atoms with Gasteiger partial charge in [0.05, 0.1) is 0 Å². The Balaban J connectivity index is 2.45. The van der Waals surface area contributed by atoms with Crippen molar-refractivity contribution in [3.8, 4) is 11.7 Å². The van der Waals surface area contributed by atoms with Gasteiger partial charge in [-0.1, -0.05) is 11.6 Å². The summed E-state index contributed by atoms with van der Waals surface area (Å²) >= 11 is 5.71. The molecule has 0 fully saturated rings. The molecule has 0 spiro atoms. The first-order valence-corrected chi connectivity index (χ1v) is 6.36. The molecule has 7 nitrogen and oxygen atoms in total. The average molecular weight is 324 g/mol. The van der Waals surface area contributed by atoms with Crippen molar-refractivity contribution in [1.29, 1.82) is 0 Å². The SMILES string of the molecule is CC(=O)c1c(O)c(C(=O)Nc2ccc(Cl)cc2)c(O)oc1=O. The van der Waals surface area contributed by atoms with Crippen molar-refractivity contribution in [2.75, 3.05) is 5.32 Å². The lowest BCUT2D eigenvalue weighted by atomic mass is 10.1. The largest absolute Gasteiger partial charge is 0.506 e. The number of rotatable bonds is 3. The van der Waals surface area contributed by atoms with Crippen LogP contribution in [0.1, 0.15) is 27.6 Å². The quantitative estimate of drug-likeness (QED) is 0.745. The zero-order chi connectivity index (χ0) is 16.4. The van der Waals surface area contributed by atoms with Crippen LogP contribution in [0, 0.1) is 0 Å². The predicted octanol–water partition coefficient (Wildman–Crippen LogP) is 2.16. The van der Waals surface area contributed by atoms with Gasteiger partial charge in [0.2, 0.25) is 0 Å². The third-order valence-corrected chi connectivity index (χ3v) is 3.01. The Morgan fingerprint density at radius 2 is 1.73 bits per heavy atom. The monoisotopic (exact) mass is 323 g/mol. The first-order valence-electron chi connectivity index (χ1n) is 5.98. The van der Waals surface area contributed by atoms with Crippen molar-refractivity contribution in [3.05, 3.63) is 50.8 Å². The Hall–Kier alpha value is -2.80. The van der Waals surface area contributed by atoms with Gasteiger partial charge in [0, 0.05) is 10.7 Å². The first-order chi connectivity index (χ1) is 10.3. The van der Waals surface area contributed by atoms with Crippen molar-refractivity contribution in [2.24, 2.45) is 0 Å². The van der Waals surface area contributed by atoms with E-state index in [0.29, 0.717) is 10.7 Å². The van der Waals surface area contributed by atoms with Gasteiger partial charge in [-0.15, -0.1) is 0 Å². The topological polar surface area (TPSA) is 117 Å². The molecule has 0 saturated heterocycles. The van der Waals surface area contributed by atoms with Gasteiger partial charge in [-0.2, -0.15) is 0 Å². The van der Waals surface area contributed by atoms with Gasteiger partial charge >= 0.3 is 11.6 Å². The number of hydrogen-bond donors (Lipinski definition) is 3. The molecule has 1 amide bonds. The van der Waals surface area contributed by atoms with E-state index in [2.05, 4.69) is 9.73 Å². The Morgan fingerprint density at radius 3 is 2.27 bits per heavy atom. The molecule has 0 unspecified atom stereocenters. The van der Waals surface area contributed by atoms with Crippen molar-refractivity contribution < 1.29 is 24.2 Å². The van der Waals surface area contributed by atoms with Crippen LogP contribution >= 0.6 is 11.6 Å². The Bertz CT molecular complexity index is 809. The second kappa shape index (κ2) is 5.90. The molecule has 22 heavy (non-hydrogen) atoms. The number of carbonyl (C=O) groups excluding carboxylic acids is 2. The minimum absolute atomic E-state index is 0.323. The van der Waals surface area contributed by atoms with Crippen LogP contribution in [0.5, 0.6) is 11.7 Å². The molecule has 1 aromatic heterocycles. The molecule has 0 aliphatic rings. The van der Waals surface area contributed by atoms with Crippen LogP contribution < -0.4 is 10.9 Å². The number of hydrogen-bond acceptors (Lipinski definition) is 6. The summed E-state index contributed by atoms with van der Waals surface area (Å²) < 4.78 is 4.40. The summed E-state index contributed by atoms with van der Waals surface area (Å²) in [6.45, 7) is 1.02. The van der Waals surface area contributed by atoms with Gasteiger partial charge in [0.1, 0.15) is 5.56 Å². The normalized spacial score (nSPS) is 10.3. The second-order valence-electron chi connectivity index (χ2n) is 4.31. The molecule has 3 N–H and O–H groups in total. The second-order valence-corrected chi connectivity index (χ2v) is 4.75. The molecule has 0 radical (unpaired) electrons. The number of nitrogens with one attached hydrogen (secondary N) is 1. The third kappa shape index (κ3) is 2.94. The van der Waals surface area contributed by atoms with Gasteiger partial charge in [0.15, 0.2) is 17.1 Å². The molecule has 0 aliphatic heterocycles. The lowest BCUT2D eigenvalue weighted by Gasteiger charge is -2.09. The predicted molar refractivity (Wildman–Crippen MR) is 77.7 cm³/mol. The molecule has 2 aromatic rings. The zero-order valence-electron chi connectivity index (χ0n) is 11.2. The van der Waals surface area contributed by atoms with Crippen molar-refractivity contribution in [3.63, 3.8) is 0 Å². The summed E-state index contributed by atoms with van der Waals surface area (Å²) in [7, 11) is 0. The number of halogens is 1. The number of Topliss-reactive ketones (excluding diaryl/α,β-unsaturated/α-hetero) is 1. The molecule has 0 bridgehead atoms. The number of carbonyl (C=O) groups is 2. The van der Waals surface area contributed by atoms with Gasteiger partial charge in [0.25, 0.3) is 5.91 Å². The van der Waals surface area contributed by atoms with E-state index in [1.807, 2.05) is 0 Å². The fraction of sp³-hybridized carbons (Fsp3) is 0.0714. The van der Waals surface area contributed by atoms with Crippen LogP contribution in [0.3, 0.4) is 0 Å². The van der Waals surface area contributed by atoms with E-state index < -0.39 is 40.1 Å². The van der Waals surface area contributed by atoms with Crippen LogP contribution in [0.25, 0.3) is 0 Å². The van der Waals surface area contributed by atoms with Crippen molar-refractivity contribution >= 4 is 29.0 Å². The number of ketones is 1. The highest BCUT2D eigenvalue weighted by Crippen LogP contribution is 2.29. The lowest BCUT2D eigenvalue weighted by Crippen LogP contribution is -2.18. The molecule has 2 rings (SSSR count). The minimum atomic E-state index is -1.23. The van der Waals surface area contributed by atoms with Crippen LogP contribution in [0.4, 0.5) is 5.69 Å². The fourth-order valence-corrected chi connectivity index (χ4v) is 1.88. The molecule has 1 aromatic carbocycles. The maximum atomic E-state index is 12.1. The van der Waals surface area contributed by atoms with Crippen LogP contribution in [0.15, 0.2) is 33.5 Å². The van der Waals surface area contributed by atoms with E-state index in [4.69, 9.17) is 11.6 Å². The summed E-state index contributed by atoms with van der Waals surface area (Å²) in [6, 6.07) is 6.00. The lowest BCUT2D eigenvalue weighted by molar-refractivity contribution is 0.100.